The van der Waals surface area contributed by atoms with Gasteiger partial charge in [0.1, 0.15) is 23.3 Å². The summed E-state index contributed by atoms with van der Waals surface area (Å²) in [6.45, 7) is 4.37. The van der Waals surface area contributed by atoms with E-state index in [-0.39, 0.29) is 6.04 Å². The van der Waals surface area contributed by atoms with Gasteiger partial charge in [-0.25, -0.2) is 14.4 Å². The smallest absolute Gasteiger partial charge is 0.145 e. The molecular weight excluding hydrogens is 335 g/mol. The van der Waals surface area contributed by atoms with E-state index in [2.05, 4.69) is 25.6 Å². The van der Waals surface area contributed by atoms with Crippen LogP contribution in [0.3, 0.4) is 0 Å². The van der Waals surface area contributed by atoms with Gasteiger partial charge in [0.15, 0.2) is 0 Å². The summed E-state index contributed by atoms with van der Waals surface area (Å²) < 4.78 is 15.7. The van der Waals surface area contributed by atoms with Gasteiger partial charge in [-0.2, -0.15) is 0 Å². The van der Waals surface area contributed by atoms with Crippen molar-refractivity contribution in [1.82, 2.24) is 24.7 Å². The Morgan fingerprint density at radius 3 is 2.85 bits per heavy atom. The average Bonchev–Trinajstić information content (AvgIpc) is 3.20. The quantitative estimate of drug-likeness (QED) is 0.660. The number of nitrogens with zero attached hydrogens (tertiary/aromatic N) is 4. The average molecular weight is 356 g/mol. The number of fused-ring (bicyclic) bond motifs is 1. The lowest BCUT2D eigenvalue weighted by Crippen LogP contribution is -2.29. The first kappa shape index (κ1) is 16.9. The summed E-state index contributed by atoms with van der Waals surface area (Å²) in [5, 5.41) is 16.4. The molecule has 0 unspecified atom stereocenters. The lowest BCUT2D eigenvalue weighted by molar-refractivity contribution is 0.0781. The van der Waals surface area contributed by atoms with Crippen LogP contribution in [-0.2, 0) is 5.60 Å². The molecule has 7 nitrogen and oxygen atoms in total. The number of imidazole rings is 1. The third-order valence-corrected chi connectivity index (χ3v) is 4.58. The minimum absolute atomic E-state index is 0.316. The number of alkyl halides is 1. The van der Waals surface area contributed by atoms with Crippen molar-refractivity contribution in [2.24, 2.45) is 0 Å². The number of pyridine rings is 1. The topological polar surface area (TPSA) is 87.4 Å². The molecule has 2 atom stereocenters. The zero-order valence-corrected chi connectivity index (χ0v) is 14.6. The molecule has 1 aliphatic heterocycles. The Morgan fingerprint density at radius 1 is 1.27 bits per heavy atom. The molecule has 3 N–H and O–H groups in total. The van der Waals surface area contributed by atoms with Gasteiger partial charge in [0.25, 0.3) is 0 Å². The monoisotopic (exact) mass is 356 g/mol. The number of aromatic nitrogens is 4. The van der Waals surface area contributed by atoms with Crippen molar-refractivity contribution in [2.45, 2.75) is 31.7 Å². The van der Waals surface area contributed by atoms with Gasteiger partial charge in [-0.3, -0.25) is 9.38 Å². The minimum atomic E-state index is -0.962. The van der Waals surface area contributed by atoms with E-state index in [4.69, 9.17) is 0 Å². The van der Waals surface area contributed by atoms with Gasteiger partial charge in [-0.05, 0) is 25.5 Å². The molecule has 26 heavy (non-hydrogen) atoms. The van der Waals surface area contributed by atoms with Gasteiger partial charge in [-0.15, -0.1) is 0 Å². The van der Waals surface area contributed by atoms with Gasteiger partial charge in [0, 0.05) is 19.3 Å². The van der Waals surface area contributed by atoms with Gasteiger partial charge in [0.05, 0.1) is 35.9 Å². The van der Waals surface area contributed by atoms with E-state index in [0.717, 1.165) is 16.9 Å². The maximum absolute atomic E-state index is 13.8. The highest BCUT2D eigenvalue weighted by molar-refractivity contribution is 5.61. The minimum Gasteiger partial charge on any atom is -0.386 e. The zero-order chi connectivity index (χ0) is 18.3. The number of aliphatic hydroxyl groups is 1. The normalized spacial score (nSPS) is 20.6. The van der Waals surface area contributed by atoms with E-state index < -0.39 is 11.8 Å². The Bertz CT molecular complexity index is 935. The molecular formula is C18H21FN6O. The Labute approximate surface area is 150 Å². The van der Waals surface area contributed by atoms with Crippen LogP contribution in [0.4, 0.5) is 10.2 Å². The molecule has 4 rings (SSSR count). The Hall–Kier alpha value is -2.58. The van der Waals surface area contributed by atoms with Crippen molar-refractivity contribution < 1.29 is 9.50 Å². The Morgan fingerprint density at radius 2 is 2.12 bits per heavy atom. The van der Waals surface area contributed by atoms with Crippen LogP contribution in [0, 0.1) is 0 Å². The number of anilines is 1. The first-order valence-corrected chi connectivity index (χ1v) is 8.55. The van der Waals surface area contributed by atoms with E-state index >= 15 is 0 Å². The summed E-state index contributed by atoms with van der Waals surface area (Å²) in [6.07, 6.45) is 5.83. The van der Waals surface area contributed by atoms with E-state index in [9.17, 15) is 9.50 Å². The number of hydrogen-bond acceptors (Lipinski definition) is 6. The molecule has 0 radical (unpaired) electrons. The molecule has 0 saturated carbocycles. The number of rotatable bonds is 4. The summed E-state index contributed by atoms with van der Waals surface area (Å²) >= 11 is 0. The molecule has 1 saturated heterocycles. The van der Waals surface area contributed by atoms with E-state index in [0.29, 0.717) is 24.6 Å². The van der Waals surface area contributed by atoms with Crippen molar-refractivity contribution in [3.8, 4) is 11.4 Å². The van der Waals surface area contributed by atoms with Gasteiger partial charge in [0.2, 0.25) is 0 Å². The maximum Gasteiger partial charge on any atom is 0.145 e. The SMILES string of the molecule is CC(C)(O)c1ccc2ncc(-c3cncc(N[C@H]4CNC[C@@H]4F)n3)n2c1. The molecule has 4 heterocycles. The summed E-state index contributed by atoms with van der Waals surface area (Å²) in [6, 6.07) is 3.39. The van der Waals surface area contributed by atoms with Gasteiger partial charge < -0.3 is 15.7 Å². The van der Waals surface area contributed by atoms with Crippen molar-refractivity contribution in [2.75, 3.05) is 18.4 Å². The van der Waals surface area contributed by atoms with Gasteiger partial charge >= 0.3 is 0 Å². The predicted molar refractivity (Wildman–Crippen MR) is 96.6 cm³/mol. The molecule has 0 spiro atoms. The number of halogens is 1. The lowest BCUT2D eigenvalue weighted by Gasteiger charge is -2.18. The second-order valence-corrected chi connectivity index (χ2v) is 7.06. The molecule has 0 aromatic carbocycles. The second-order valence-electron chi connectivity index (χ2n) is 7.06. The van der Waals surface area contributed by atoms with Crippen LogP contribution in [0.1, 0.15) is 19.4 Å². The summed E-state index contributed by atoms with van der Waals surface area (Å²) in [7, 11) is 0. The molecule has 3 aromatic heterocycles. The van der Waals surface area contributed by atoms with Crippen LogP contribution in [0.5, 0.6) is 0 Å². The molecule has 8 heteroatoms. The van der Waals surface area contributed by atoms with E-state index in [1.165, 1.54) is 0 Å². The van der Waals surface area contributed by atoms with Crippen molar-refractivity contribution in [1.29, 1.82) is 0 Å². The van der Waals surface area contributed by atoms with Crippen LogP contribution in [0.15, 0.2) is 36.9 Å². The molecule has 0 amide bonds. The molecule has 0 aliphatic carbocycles. The Kier molecular flexibility index (Phi) is 4.08. The fourth-order valence-electron chi connectivity index (χ4n) is 3.07. The summed E-state index contributed by atoms with van der Waals surface area (Å²) in [5.41, 5.74) is 1.93. The first-order valence-electron chi connectivity index (χ1n) is 8.55. The van der Waals surface area contributed by atoms with Crippen LogP contribution >= 0.6 is 0 Å². The highest BCUT2D eigenvalue weighted by Gasteiger charge is 2.27. The maximum atomic E-state index is 13.8. The van der Waals surface area contributed by atoms with Gasteiger partial charge in [-0.1, -0.05) is 6.07 Å². The predicted octanol–water partition coefficient (Wildman–Crippen LogP) is 1.74. The molecule has 3 aromatic rings. The van der Waals surface area contributed by atoms with E-state index in [1.807, 2.05) is 22.7 Å². The van der Waals surface area contributed by atoms with Crippen LogP contribution in [-0.4, -0.2) is 49.8 Å². The fraction of sp³-hybridized carbons (Fsp3) is 0.389. The highest BCUT2D eigenvalue weighted by Crippen LogP contribution is 2.24. The van der Waals surface area contributed by atoms with Crippen molar-refractivity contribution in [3.63, 3.8) is 0 Å². The molecule has 1 fully saturated rings. The largest absolute Gasteiger partial charge is 0.386 e. The summed E-state index contributed by atoms with van der Waals surface area (Å²) in [4.78, 5) is 13.2. The van der Waals surface area contributed by atoms with E-state index in [1.54, 1.807) is 32.4 Å². The number of hydrogen-bond donors (Lipinski definition) is 3. The third-order valence-electron chi connectivity index (χ3n) is 4.58. The third kappa shape index (κ3) is 3.13. The highest BCUT2D eigenvalue weighted by atomic mass is 19.1. The zero-order valence-electron chi connectivity index (χ0n) is 14.6. The lowest BCUT2D eigenvalue weighted by atomic mass is 10.0. The number of nitrogens with one attached hydrogen (secondary N) is 2. The first-order chi connectivity index (χ1) is 12.4. The second kappa shape index (κ2) is 6.30. The Balaban J connectivity index is 1.70. The van der Waals surface area contributed by atoms with Crippen LogP contribution in [0.25, 0.3) is 17.0 Å². The van der Waals surface area contributed by atoms with Crippen molar-refractivity contribution in [3.05, 3.63) is 42.5 Å². The molecule has 0 bridgehead atoms. The molecule has 136 valence electrons. The fourth-order valence-corrected chi connectivity index (χ4v) is 3.07. The van der Waals surface area contributed by atoms with Crippen LogP contribution in [0.2, 0.25) is 0 Å². The van der Waals surface area contributed by atoms with Crippen molar-refractivity contribution >= 4 is 11.5 Å². The summed E-state index contributed by atoms with van der Waals surface area (Å²) in [5.74, 6) is 0.521. The van der Waals surface area contributed by atoms with Crippen LogP contribution < -0.4 is 10.6 Å². The standard InChI is InChI=1S/C18H21FN6O/c1-18(2,26)11-3-4-17-22-8-15(25(17)10-11)14-7-21-9-16(24-14)23-13-6-20-5-12(13)19/h3-4,7-10,12-13,20,26H,5-6H2,1-2H3,(H,23,24)/t12-,13-/m0/s1. The molecule has 1 aliphatic rings.